The maximum Gasteiger partial charge on any atom is 0.275 e. The zero-order valence-electron chi connectivity index (χ0n) is 10.5. The van der Waals surface area contributed by atoms with Gasteiger partial charge in [0.05, 0.1) is 0 Å². The molecule has 18 heavy (non-hydrogen) atoms. The molecule has 0 aliphatic carbocycles. The van der Waals surface area contributed by atoms with Gasteiger partial charge in [-0.2, -0.15) is 16.3 Å². The van der Waals surface area contributed by atoms with Crippen LogP contribution < -0.4 is 10.9 Å². The molecule has 0 atom stereocenters. The number of rotatable bonds is 6. The largest absolute Gasteiger partial charge is 0.360 e. The zero-order chi connectivity index (χ0) is 13.0. The van der Waals surface area contributed by atoms with Crippen LogP contribution in [0.25, 0.3) is 4.96 Å². The topological polar surface area (TPSA) is 59.3 Å². The SMILES string of the molecule is CCc1cc(=O)n2nc(NCCCSC)sc2n1. The van der Waals surface area contributed by atoms with Crippen molar-refractivity contribution in [2.75, 3.05) is 23.9 Å². The summed E-state index contributed by atoms with van der Waals surface area (Å²) in [5.74, 6) is 1.12. The Kier molecular flexibility index (Phi) is 4.60. The number of aryl methyl sites for hydroxylation is 1. The van der Waals surface area contributed by atoms with Gasteiger partial charge < -0.3 is 5.32 Å². The molecular weight excluding hydrogens is 268 g/mol. The number of anilines is 1. The van der Waals surface area contributed by atoms with Gasteiger partial charge in [0.25, 0.3) is 5.56 Å². The molecule has 1 N–H and O–H groups in total. The van der Waals surface area contributed by atoms with Gasteiger partial charge in [-0.1, -0.05) is 18.3 Å². The molecule has 2 aromatic rings. The summed E-state index contributed by atoms with van der Waals surface area (Å²) >= 11 is 3.25. The van der Waals surface area contributed by atoms with E-state index in [9.17, 15) is 4.79 Å². The zero-order valence-corrected chi connectivity index (χ0v) is 12.1. The number of fused-ring (bicyclic) bond motifs is 1. The molecule has 0 spiro atoms. The van der Waals surface area contributed by atoms with Crippen molar-refractivity contribution >= 4 is 33.2 Å². The smallest absolute Gasteiger partial charge is 0.275 e. The van der Waals surface area contributed by atoms with Gasteiger partial charge in [-0.25, -0.2) is 4.98 Å². The van der Waals surface area contributed by atoms with Gasteiger partial charge >= 0.3 is 0 Å². The van der Waals surface area contributed by atoms with Gasteiger partial charge in [-0.05, 0) is 24.9 Å². The summed E-state index contributed by atoms with van der Waals surface area (Å²) in [6.07, 6.45) is 3.94. The Bertz CT molecular complexity index is 578. The lowest BCUT2D eigenvalue weighted by Gasteiger charge is -1.98. The third kappa shape index (κ3) is 3.02. The highest BCUT2D eigenvalue weighted by atomic mass is 32.2. The second-order valence-electron chi connectivity index (χ2n) is 3.81. The van der Waals surface area contributed by atoms with Crippen LogP contribution in [0.5, 0.6) is 0 Å². The Labute approximate surface area is 114 Å². The van der Waals surface area contributed by atoms with E-state index >= 15 is 0 Å². The Balaban J connectivity index is 2.16. The normalized spacial score (nSPS) is 11.0. The summed E-state index contributed by atoms with van der Waals surface area (Å²) in [6, 6.07) is 1.55. The van der Waals surface area contributed by atoms with E-state index in [2.05, 4.69) is 21.7 Å². The fourth-order valence-electron chi connectivity index (χ4n) is 1.52. The highest BCUT2D eigenvalue weighted by molar-refractivity contribution is 7.98. The molecular formula is C11H16N4OS2. The van der Waals surface area contributed by atoms with Crippen LogP contribution >= 0.6 is 23.1 Å². The van der Waals surface area contributed by atoms with Crippen LogP contribution in [-0.2, 0) is 6.42 Å². The van der Waals surface area contributed by atoms with Gasteiger partial charge in [0.15, 0.2) is 0 Å². The maximum absolute atomic E-state index is 11.8. The van der Waals surface area contributed by atoms with Crippen LogP contribution in [0, 0.1) is 0 Å². The minimum absolute atomic E-state index is 0.106. The molecule has 0 radical (unpaired) electrons. The molecule has 0 saturated heterocycles. The molecule has 0 saturated carbocycles. The third-order valence-corrected chi connectivity index (χ3v) is 4.02. The molecule has 0 bridgehead atoms. The van der Waals surface area contributed by atoms with Gasteiger partial charge in [0.2, 0.25) is 10.1 Å². The summed E-state index contributed by atoms with van der Waals surface area (Å²) in [6.45, 7) is 2.86. The van der Waals surface area contributed by atoms with Crippen LogP contribution in [0.1, 0.15) is 19.0 Å². The Hall–Kier alpha value is -1.08. The minimum atomic E-state index is -0.106. The fraction of sp³-hybridized carbons (Fsp3) is 0.545. The van der Waals surface area contributed by atoms with Gasteiger partial charge in [0.1, 0.15) is 0 Å². The van der Waals surface area contributed by atoms with E-state index in [-0.39, 0.29) is 5.56 Å². The highest BCUT2D eigenvalue weighted by Gasteiger charge is 2.07. The van der Waals surface area contributed by atoms with Crippen LogP contribution in [0.3, 0.4) is 0 Å². The predicted molar refractivity (Wildman–Crippen MR) is 78.0 cm³/mol. The number of thioether (sulfide) groups is 1. The second kappa shape index (κ2) is 6.19. The summed E-state index contributed by atoms with van der Waals surface area (Å²) in [7, 11) is 0. The molecule has 0 aromatic carbocycles. The summed E-state index contributed by atoms with van der Waals surface area (Å²) in [5.41, 5.74) is 0.711. The van der Waals surface area contributed by atoms with E-state index in [0.29, 0.717) is 4.96 Å². The van der Waals surface area contributed by atoms with Crippen LogP contribution in [0.4, 0.5) is 5.13 Å². The summed E-state index contributed by atoms with van der Waals surface area (Å²) < 4.78 is 1.36. The van der Waals surface area contributed by atoms with Crippen molar-refractivity contribution in [1.82, 2.24) is 14.6 Å². The summed E-state index contributed by atoms with van der Waals surface area (Å²) in [4.78, 5) is 16.8. The maximum atomic E-state index is 11.8. The van der Waals surface area contributed by atoms with E-state index in [0.717, 1.165) is 36.0 Å². The average Bonchev–Trinajstić information content (AvgIpc) is 2.78. The van der Waals surface area contributed by atoms with E-state index < -0.39 is 0 Å². The van der Waals surface area contributed by atoms with Crippen molar-refractivity contribution in [2.45, 2.75) is 19.8 Å². The first-order chi connectivity index (χ1) is 8.74. The first-order valence-corrected chi connectivity index (χ1v) is 8.08. The van der Waals surface area contributed by atoms with E-state index in [4.69, 9.17) is 0 Å². The van der Waals surface area contributed by atoms with Crippen LogP contribution in [-0.4, -0.2) is 33.2 Å². The van der Waals surface area contributed by atoms with Gasteiger partial charge in [-0.3, -0.25) is 4.79 Å². The Morgan fingerprint density at radius 3 is 3.11 bits per heavy atom. The molecule has 2 heterocycles. The quantitative estimate of drug-likeness (QED) is 0.821. The van der Waals surface area contributed by atoms with Crippen LogP contribution in [0.15, 0.2) is 10.9 Å². The molecule has 0 aliphatic rings. The molecule has 0 unspecified atom stereocenters. The molecule has 0 amide bonds. The van der Waals surface area contributed by atoms with Crippen LogP contribution in [0.2, 0.25) is 0 Å². The first-order valence-electron chi connectivity index (χ1n) is 5.87. The lowest BCUT2D eigenvalue weighted by molar-refractivity contribution is 0.870. The van der Waals surface area contributed by atoms with Crippen molar-refractivity contribution in [3.8, 4) is 0 Å². The number of hydrogen-bond donors (Lipinski definition) is 1. The molecule has 7 heteroatoms. The molecule has 0 fully saturated rings. The second-order valence-corrected chi connectivity index (χ2v) is 5.76. The number of hydrogen-bond acceptors (Lipinski definition) is 6. The monoisotopic (exact) mass is 284 g/mol. The predicted octanol–water partition coefficient (Wildman–Crippen LogP) is 1.88. The Morgan fingerprint density at radius 1 is 1.56 bits per heavy atom. The van der Waals surface area contributed by atoms with Crippen molar-refractivity contribution < 1.29 is 0 Å². The highest BCUT2D eigenvalue weighted by Crippen LogP contribution is 2.16. The average molecular weight is 284 g/mol. The van der Waals surface area contributed by atoms with Crippen molar-refractivity contribution in [2.24, 2.45) is 0 Å². The van der Waals surface area contributed by atoms with E-state index in [1.165, 1.54) is 15.9 Å². The molecule has 5 nitrogen and oxygen atoms in total. The van der Waals surface area contributed by atoms with Crippen molar-refractivity contribution in [3.05, 3.63) is 22.1 Å². The number of nitrogens with zero attached hydrogens (tertiary/aromatic N) is 3. The van der Waals surface area contributed by atoms with E-state index in [1.807, 2.05) is 18.7 Å². The lowest BCUT2D eigenvalue weighted by atomic mass is 10.3. The summed E-state index contributed by atoms with van der Waals surface area (Å²) in [5, 5.41) is 8.21. The van der Waals surface area contributed by atoms with Crippen molar-refractivity contribution in [3.63, 3.8) is 0 Å². The molecule has 2 aromatic heterocycles. The number of aromatic nitrogens is 3. The molecule has 2 rings (SSSR count). The van der Waals surface area contributed by atoms with Gasteiger partial charge in [0, 0.05) is 18.3 Å². The number of nitrogens with one attached hydrogen (secondary N) is 1. The fourth-order valence-corrected chi connectivity index (χ4v) is 2.80. The Morgan fingerprint density at radius 2 is 2.39 bits per heavy atom. The standard InChI is InChI=1S/C11H16N4OS2/c1-3-8-7-9(16)15-11(13-8)18-10(14-15)12-5-4-6-17-2/h7H,3-6H2,1-2H3,(H,12,14). The molecule has 0 aliphatic heterocycles. The third-order valence-electron chi connectivity index (χ3n) is 2.46. The first kappa shape index (κ1) is 13.4. The van der Waals surface area contributed by atoms with Crippen molar-refractivity contribution in [1.29, 1.82) is 0 Å². The van der Waals surface area contributed by atoms with Gasteiger partial charge in [-0.15, -0.1) is 5.10 Å². The molecule has 98 valence electrons. The van der Waals surface area contributed by atoms with E-state index in [1.54, 1.807) is 6.07 Å². The lowest BCUT2D eigenvalue weighted by Crippen LogP contribution is -2.15. The minimum Gasteiger partial charge on any atom is -0.360 e.